The zero-order valence-corrected chi connectivity index (χ0v) is 65.6. The normalized spacial score (nSPS) is 38.9. The number of aliphatic hydroxyl groups is 3. The van der Waals surface area contributed by atoms with Crippen LogP contribution in [0.2, 0.25) is 0 Å². The number of hydrogen-bond acceptors (Lipinski definition) is 18. The SMILES string of the molecule is CO[C@H]1C[C@H]2OC[C@@]2(C)C2[C@H](C)[C@]3(O)C[C@H](OC(=O)C(O)C(NC(=O)OC(C)(C)C)c4ccccc4)C(C)=C([C@@H](C)C(=O)[C@@]21C)C3(C)C.CO[C@H]1C[C@H]2OC[C@@]2(C)C2[C@H](C)[C@]3(O)C[C@H](OC(=O)[C@@H]4OC(c5ccc(C)cc5)N(C(=O)OC(C)(C)C)[C@H]4c4ccccc4)C(C)=C([C@@H](C)C(=O)[C@@]21C)C3(C)C. The molecule has 4 N–H and O–H groups in total. The summed E-state index contributed by atoms with van der Waals surface area (Å²) in [6, 6.07) is 23.6. The van der Waals surface area contributed by atoms with Crippen molar-refractivity contribution >= 4 is 35.7 Å². The Morgan fingerprint density at radius 3 is 1.44 bits per heavy atom. The third-order valence-corrected chi connectivity index (χ3v) is 27.0. The summed E-state index contributed by atoms with van der Waals surface area (Å²) in [5.41, 5.74) is -2.79. The Balaban J connectivity index is 0.000000211. The quantitative estimate of drug-likeness (QED) is 0.0790. The van der Waals surface area contributed by atoms with Crippen molar-refractivity contribution in [3.63, 3.8) is 0 Å². The van der Waals surface area contributed by atoms with Crippen LogP contribution in [0.3, 0.4) is 0 Å². The number of Topliss-reactive ketones (excluding diaryl/α,β-unsaturated/α-hetero) is 2. The molecule has 570 valence electrons. The predicted molar refractivity (Wildman–Crippen MR) is 389 cm³/mol. The number of aryl methyl sites for hydroxylation is 1. The molecule has 7 fully saturated rings. The van der Waals surface area contributed by atoms with Gasteiger partial charge in [-0.3, -0.25) is 14.5 Å². The van der Waals surface area contributed by atoms with Crippen molar-refractivity contribution in [2.45, 2.75) is 261 Å². The molecule has 20 heteroatoms. The minimum absolute atomic E-state index is 0.0416. The van der Waals surface area contributed by atoms with Crippen LogP contribution < -0.4 is 5.32 Å². The number of rotatable bonds is 11. The van der Waals surface area contributed by atoms with E-state index >= 15 is 4.79 Å². The first-order valence-electron chi connectivity index (χ1n) is 37.4. The number of carbonyl (C=O) groups excluding carboxylic acids is 6. The van der Waals surface area contributed by atoms with Crippen molar-refractivity contribution in [3.05, 3.63) is 129 Å². The standard InChI is InChI=1S/C46H61NO9.C38H55NO9/c1-25-18-20-30(21-19-25)39-47(41(50)56-42(5,6)7)35(29-16-14-13-15-17-29)36(55-39)40(49)54-31-23-46(51)28(4)37-44(10)24-53-32(44)22-33(52-12)45(37,11)38(48)27(3)34(26(31)2)43(46,8)9;1-20-24(47-32(42)29(40)28(23-15-13-12-14-16-23)39-33(43)48-34(4,5)6)18-38(44)22(3)30-36(9)19-46-25(36)17-26(45-11)37(30,10)31(41)21(2)27(20)35(38,7)8/h13-21,27-28,31-33,35-37,39,51H,22-24H2,1-12H3;12-16,21-22,24-26,28-30,40,44H,17-19H2,1-11H3,(H,39,43)/t27-,28+,31+,32-,33+,35+,36-,37?,39?,44-,45-,46-;21-,22+,24+,25-,26+,28?,29?,30?,36-,37-,38-/m11/s1. The topological polar surface area (TPSA) is 261 Å². The van der Waals surface area contributed by atoms with E-state index in [0.717, 1.165) is 22.3 Å². The molecule has 3 aromatic carbocycles. The molecule has 4 bridgehead atoms. The average molecular weight is 1440 g/mol. The van der Waals surface area contributed by atoms with Gasteiger partial charge in [0.25, 0.3) is 0 Å². The minimum Gasteiger partial charge on any atom is -0.456 e. The molecule has 5 unspecified atom stereocenters. The van der Waals surface area contributed by atoms with Crippen molar-refractivity contribution in [2.24, 2.45) is 68.0 Å². The molecule has 3 heterocycles. The highest BCUT2D eigenvalue weighted by Gasteiger charge is 2.75. The highest BCUT2D eigenvalue weighted by Crippen LogP contribution is 2.70. The molecule has 12 rings (SSSR count). The van der Waals surface area contributed by atoms with Crippen molar-refractivity contribution in [1.82, 2.24) is 10.2 Å². The lowest BCUT2D eigenvalue weighted by Gasteiger charge is -2.69. The van der Waals surface area contributed by atoms with Gasteiger partial charge in [0.15, 0.2) is 18.4 Å². The van der Waals surface area contributed by atoms with E-state index in [1.54, 1.807) is 86.1 Å². The van der Waals surface area contributed by atoms with E-state index in [9.17, 15) is 39.3 Å². The fraction of sp³-hybridized carbons (Fsp3) is 0.667. The molecule has 0 radical (unpaired) electrons. The largest absolute Gasteiger partial charge is 0.456 e. The maximum atomic E-state index is 15.1. The molecule has 9 aliphatic rings. The van der Waals surface area contributed by atoms with Gasteiger partial charge in [-0.1, -0.05) is 160 Å². The van der Waals surface area contributed by atoms with Crippen LogP contribution in [0.15, 0.2) is 107 Å². The fourth-order valence-electron chi connectivity index (χ4n) is 22.0. The highest BCUT2D eigenvalue weighted by atomic mass is 16.6. The number of ketones is 2. The zero-order valence-electron chi connectivity index (χ0n) is 65.6. The Kier molecular flexibility index (Phi) is 20.7. The lowest BCUT2D eigenvalue weighted by atomic mass is 9.40. The van der Waals surface area contributed by atoms with Gasteiger partial charge in [-0.25, -0.2) is 19.2 Å². The molecule has 3 aromatic rings. The molecule has 0 aromatic heterocycles. The third kappa shape index (κ3) is 12.5. The summed E-state index contributed by atoms with van der Waals surface area (Å²) in [5.74, 6) is -4.12. The van der Waals surface area contributed by atoms with Gasteiger partial charge in [0, 0.05) is 79.0 Å². The molecule has 0 spiro atoms. The Bertz CT molecular complexity index is 3860. The number of nitrogens with one attached hydrogen (secondary N) is 1. The molecule has 4 saturated carbocycles. The molecule has 3 saturated heterocycles. The van der Waals surface area contributed by atoms with Crippen molar-refractivity contribution < 1.29 is 86.7 Å². The second kappa shape index (κ2) is 27.4. The number of hydrogen-bond donors (Lipinski definition) is 4. The Morgan fingerprint density at radius 2 is 1.03 bits per heavy atom. The number of fused-ring (bicyclic) bond motifs is 10. The number of alkyl carbamates (subject to hydrolysis) is 1. The van der Waals surface area contributed by atoms with E-state index in [0.29, 0.717) is 48.3 Å². The Hall–Kier alpha value is -6.36. The van der Waals surface area contributed by atoms with Crippen LogP contribution in [0, 0.1) is 74.9 Å². The van der Waals surface area contributed by atoms with Gasteiger partial charge in [-0.05, 0) is 133 Å². The second-order valence-electron chi connectivity index (χ2n) is 35.9. The first-order valence-corrected chi connectivity index (χ1v) is 37.4. The van der Waals surface area contributed by atoms with E-state index < -0.39 is 135 Å². The molecule has 104 heavy (non-hydrogen) atoms. The summed E-state index contributed by atoms with van der Waals surface area (Å²) in [7, 11) is 3.30. The van der Waals surface area contributed by atoms with Crippen LogP contribution in [-0.2, 0) is 61.8 Å². The van der Waals surface area contributed by atoms with Crippen LogP contribution in [0.1, 0.15) is 205 Å². The summed E-state index contributed by atoms with van der Waals surface area (Å²) in [6.07, 6.45) is -6.78. The number of carbonyl (C=O) groups is 6. The monoisotopic (exact) mass is 1440 g/mol. The molecular formula is C84H116N2O18. The summed E-state index contributed by atoms with van der Waals surface area (Å²) in [4.78, 5) is 87.2. The number of esters is 2. The van der Waals surface area contributed by atoms with E-state index in [-0.39, 0.29) is 71.5 Å². The molecule has 20 nitrogen and oxygen atoms in total. The average Bonchev–Trinajstić information content (AvgIpc) is 0.785. The summed E-state index contributed by atoms with van der Waals surface area (Å²) in [6.45, 7) is 41.5. The van der Waals surface area contributed by atoms with Gasteiger partial charge >= 0.3 is 24.1 Å². The number of nitrogens with zero attached hydrogens (tertiary/aromatic N) is 1. The van der Waals surface area contributed by atoms with Crippen LogP contribution in [-0.4, -0.2) is 155 Å². The number of amides is 2. The molecule has 6 aliphatic carbocycles. The second-order valence-corrected chi connectivity index (χ2v) is 35.9. The molecule has 3 aliphatic heterocycles. The van der Waals surface area contributed by atoms with Crippen LogP contribution in [0.25, 0.3) is 0 Å². The lowest BCUT2D eigenvalue weighted by Crippen LogP contribution is -2.74. The molecule has 2 amide bonds. The first-order chi connectivity index (χ1) is 48.3. The summed E-state index contributed by atoms with van der Waals surface area (Å²) >= 11 is 0. The van der Waals surface area contributed by atoms with Crippen LogP contribution in [0.4, 0.5) is 9.59 Å². The van der Waals surface area contributed by atoms with Crippen LogP contribution in [0.5, 0.6) is 0 Å². The van der Waals surface area contributed by atoms with Gasteiger partial charge in [0.05, 0.1) is 65.7 Å². The van der Waals surface area contributed by atoms with Crippen molar-refractivity contribution in [1.29, 1.82) is 0 Å². The van der Waals surface area contributed by atoms with Gasteiger partial charge in [-0.2, -0.15) is 0 Å². The van der Waals surface area contributed by atoms with Crippen molar-refractivity contribution in [3.8, 4) is 0 Å². The minimum atomic E-state index is -1.79. The van der Waals surface area contributed by atoms with Gasteiger partial charge in [0.1, 0.15) is 41.0 Å². The van der Waals surface area contributed by atoms with E-state index in [1.807, 2.05) is 138 Å². The number of benzene rings is 3. The summed E-state index contributed by atoms with van der Waals surface area (Å²) in [5, 5.41) is 40.5. The van der Waals surface area contributed by atoms with Crippen LogP contribution >= 0.6 is 0 Å². The third-order valence-electron chi connectivity index (χ3n) is 27.0. The highest BCUT2D eigenvalue weighted by molar-refractivity contribution is 5.92. The number of methoxy groups -OCH3 is 2. The maximum absolute atomic E-state index is 15.1. The smallest absolute Gasteiger partial charge is 0.413 e. The Labute approximate surface area is 615 Å². The number of ether oxygens (including phenoxy) is 9. The number of aliphatic hydroxyl groups excluding tert-OH is 1. The van der Waals surface area contributed by atoms with Gasteiger partial charge < -0.3 is 63.3 Å². The van der Waals surface area contributed by atoms with Gasteiger partial charge in [-0.15, -0.1) is 0 Å². The summed E-state index contributed by atoms with van der Waals surface area (Å²) < 4.78 is 55.0. The fourth-order valence-corrected chi connectivity index (χ4v) is 22.0. The van der Waals surface area contributed by atoms with E-state index in [2.05, 4.69) is 26.1 Å². The van der Waals surface area contributed by atoms with E-state index in [1.165, 1.54) is 4.90 Å². The lowest BCUT2D eigenvalue weighted by molar-refractivity contribution is -0.304. The van der Waals surface area contributed by atoms with E-state index in [4.69, 9.17) is 42.6 Å². The molecule has 23 atom stereocenters. The Morgan fingerprint density at radius 1 is 0.596 bits per heavy atom. The zero-order chi connectivity index (χ0) is 76.7. The maximum Gasteiger partial charge on any atom is 0.413 e. The van der Waals surface area contributed by atoms with Gasteiger partial charge in [0.2, 0.25) is 0 Å². The molecular weight excluding hydrogens is 1320 g/mol. The predicted octanol–water partition coefficient (Wildman–Crippen LogP) is 13.4. The first kappa shape index (κ1) is 78.7. The van der Waals surface area contributed by atoms with Crippen molar-refractivity contribution in [2.75, 3.05) is 27.4 Å².